The van der Waals surface area contributed by atoms with E-state index in [1.54, 1.807) is 12.1 Å². The molecular weight excluding hydrogens is 290 g/mol. The predicted octanol–water partition coefficient (Wildman–Crippen LogP) is 0.977. The van der Waals surface area contributed by atoms with E-state index >= 15 is 0 Å². The molecule has 0 aromatic heterocycles. The minimum atomic E-state index is -3.79. The second-order valence-electron chi connectivity index (χ2n) is 5.27. The second kappa shape index (κ2) is 6.55. The van der Waals surface area contributed by atoms with Crippen LogP contribution < -0.4 is 15.8 Å². The number of carbonyl (C=O) groups excluding carboxylic acids is 1. The fourth-order valence-corrected chi connectivity index (χ4v) is 3.43. The maximum atomic E-state index is 12.0. The molecule has 4 N–H and O–H groups in total. The summed E-state index contributed by atoms with van der Waals surface area (Å²) < 4.78 is 23.2. The molecule has 1 aromatic rings. The Kier molecular flexibility index (Phi) is 4.97. The summed E-state index contributed by atoms with van der Waals surface area (Å²) in [6.07, 6.45) is 3.02. The third-order valence-corrected chi connectivity index (χ3v) is 4.63. The molecule has 116 valence electrons. The lowest BCUT2D eigenvalue weighted by Gasteiger charge is -2.12. The lowest BCUT2D eigenvalue weighted by atomic mass is 10.1. The van der Waals surface area contributed by atoms with Gasteiger partial charge in [0, 0.05) is 18.2 Å². The van der Waals surface area contributed by atoms with Gasteiger partial charge >= 0.3 is 0 Å². The topological polar surface area (TPSA) is 101 Å². The van der Waals surface area contributed by atoms with Crippen LogP contribution in [0.15, 0.2) is 23.1 Å². The average Bonchev–Trinajstić information content (AvgIpc) is 2.90. The fourth-order valence-electron chi connectivity index (χ4n) is 2.56. The number of carbonyl (C=O) groups is 1. The van der Waals surface area contributed by atoms with E-state index in [1.807, 2.05) is 6.92 Å². The van der Waals surface area contributed by atoms with Gasteiger partial charge in [0.25, 0.3) is 0 Å². The van der Waals surface area contributed by atoms with E-state index in [0.717, 1.165) is 19.4 Å². The van der Waals surface area contributed by atoms with Crippen LogP contribution >= 0.6 is 0 Å². The number of nitrogens with one attached hydrogen (secondary N) is 2. The first kappa shape index (κ1) is 15.9. The van der Waals surface area contributed by atoms with Crippen LogP contribution in [0.3, 0.4) is 0 Å². The summed E-state index contributed by atoms with van der Waals surface area (Å²) in [6.45, 7) is 2.80. The molecule has 1 atom stereocenters. The molecule has 0 radical (unpaired) electrons. The number of hydrogen-bond donors (Lipinski definition) is 3. The number of hydrogen-bond acceptors (Lipinski definition) is 4. The molecule has 1 aliphatic rings. The van der Waals surface area contributed by atoms with Crippen molar-refractivity contribution in [1.82, 2.24) is 5.32 Å². The zero-order valence-corrected chi connectivity index (χ0v) is 12.9. The Morgan fingerprint density at radius 1 is 1.48 bits per heavy atom. The van der Waals surface area contributed by atoms with Crippen LogP contribution in [0.1, 0.15) is 31.7 Å². The molecule has 1 unspecified atom stereocenters. The van der Waals surface area contributed by atoms with Crippen molar-refractivity contribution in [2.24, 2.45) is 5.14 Å². The lowest BCUT2D eigenvalue weighted by Crippen LogP contribution is -2.27. The first-order chi connectivity index (χ1) is 9.90. The van der Waals surface area contributed by atoms with Crippen molar-refractivity contribution in [3.8, 4) is 0 Å². The van der Waals surface area contributed by atoms with Gasteiger partial charge < -0.3 is 10.6 Å². The van der Waals surface area contributed by atoms with Crippen molar-refractivity contribution in [3.05, 3.63) is 23.8 Å². The largest absolute Gasteiger partial charge is 0.326 e. The van der Waals surface area contributed by atoms with Crippen molar-refractivity contribution in [1.29, 1.82) is 0 Å². The van der Waals surface area contributed by atoms with Gasteiger partial charge in [0.1, 0.15) is 0 Å². The van der Waals surface area contributed by atoms with Crippen molar-refractivity contribution in [2.75, 3.05) is 11.9 Å². The molecule has 1 amide bonds. The smallest absolute Gasteiger partial charge is 0.238 e. The van der Waals surface area contributed by atoms with Gasteiger partial charge in [0.2, 0.25) is 15.9 Å². The molecule has 1 saturated heterocycles. The van der Waals surface area contributed by atoms with Gasteiger partial charge in [0.05, 0.1) is 4.90 Å². The Hall–Kier alpha value is -1.44. The summed E-state index contributed by atoms with van der Waals surface area (Å²) in [6, 6.07) is 5.02. The minimum Gasteiger partial charge on any atom is -0.326 e. The highest BCUT2D eigenvalue weighted by molar-refractivity contribution is 7.89. The van der Waals surface area contributed by atoms with Crippen LogP contribution in [0, 0.1) is 0 Å². The molecule has 7 heteroatoms. The normalized spacial score (nSPS) is 18.7. The Bertz CT molecular complexity index is 622. The molecule has 1 fully saturated rings. The standard InChI is InChI=1S/C14H21N3O3S/c1-2-10-5-6-12(8-13(10)21(15,19)20)17-14(18)9-11-4-3-7-16-11/h5-6,8,11,16H,2-4,7,9H2,1H3,(H,17,18)(H2,15,19,20). The van der Waals surface area contributed by atoms with Gasteiger partial charge in [0.15, 0.2) is 0 Å². The van der Waals surface area contributed by atoms with E-state index in [1.165, 1.54) is 6.07 Å². The van der Waals surface area contributed by atoms with Crippen LogP contribution in [-0.2, 0) is 21.2 Å². The third kappa shape index (κ3) is 4.26. The van der Waals surface area contributed by atoms with Gasteiger partial charge in [-0.15, -0.1) is 0 Å². The van der Waals surface area contributed by atoms with E-state index in [4.69, 9.17) is 5.14 Å². The zero-order chi connectivity index (χ0) is 15.5. The number of aryl methyl sites for hydroxylation is 1. The molecule has 1 aromatic carbocycles. The Balaban J connectivity index is 2.11. The number of primary sulfonamides is 1. The number of nitrogens with two attached hydrogens (primary N) is 1. The first-order valence-electron chi connectivity index (χ1n) is 7.09. The maximum Gasteiger partial charge on any atom is 0.238 e. The molecule has 0 spiro atoms. The van der Waals surface area contributed by atoms with Crippen LogP contribution in [0.25, 0.3) is 0 Å². The Morgan fingerprint density at radius 3 is 2.81 bits per heavy atom. The van der Waals surface area contributed by atoms with E-state index in [-0.39, 0.29) is 16.8 Å². The maximum absolute atomic E-state index is 12.0. The molecule has 6 nitrogen and oxygen atoms in total. The Morgan fingerprint density at radius 2 is 2.24 bits per heavy atom. The van der Waals surface area contributed by atoms with Gasteiger partial charge in [-0.3, -0.25) is 4.79 Å². The van der Waals surface area contributed by atoms with Gasteiger partial charge in [-0.25, -0.2) is 13.6 Å². The fraction of sp³-hybridized carbons (Fsp3) is 0.500. The van der Waals surface area contributed by atoms with E-state index in [0.29, 0.717) is 24.1 Å². The summed E-state index contributed by atoms with van der Waals surface area (Å²) in [7, 11) is -3.79. The van der Waals surface area contributed by atoms with Gasteiger partial charge in [-0.05, 0) is 43.5 Å². The first-order valence-corrected chi connectivity index (χ1v) is 8.63. The number of benzene rings is 1. The van der Waals surface area contributed by atoms with Crippen molar-refractivity contribution < 1.29 is 13.2 Å². The summed E-state index contributed by atoms with van der Waals surface area (Å²) in [5.41, 5.74) is 1.10. The average molecular weight is 311 g/mol. The number of rotatable bonds is 5. The Labute approximate surface area is 125 Å². The van der Waals surface area contributed by atoms with E-state index in [9.17, 15) is 13.2 Å². The van der Waals surface area contributed by atoms with Crippen LogP contribution in [0.4, 0.5) is 5.69 Å². The van der Waals surface area contributed by atoms with E-state index < -0.39 is 10.0 Å². The minimum absolute atomic E-state index is 0.0711. The lowest BCUT2D eigenvalue weighted by molar-refractivity contribution is -0.116. The number of amides is 1. The highest BCUT2D eigenvalue weighted by Crippen LogP contribution is 2.21. The third-order valence-electron chi connectivity index (χ3n) is 3.63. The highest BCUT2D eigenvalue weighted by atomic mass is 32.2. The molecule has 0 aliphatic carbocycles. The monoisotopic (exact) mass is 311 g/mol. The molecule has 1 heterocycles. The van der Waals surface area contributed by atoms with Crippen LogP contribution in [-0.4, -0.2) is 26.9 Å². The van der Waals surface area contributed by atoms with Crippen LogP contribution in [0.2, 0.25) is 0 Å². The van der Waals surface area contributed by atoms with Crippen molar-refractivity contribution >= 4 is 21.6 Å². The van der Waals surface area contributed by atoms with Crippen molar-refractivity contribution in [2.45, 2.75) is 43.5 Å². The van der Waals surface area contributed by atoms with E-state index in [2.05, 4.69) is 10.6 Å². The summed E-state index contributed by atoms with van der Waals surface area (Å²) in [5.74, 6) is -0.126. The molecule has 0 saturated carbocycles. The SMILES string of the molecule is CCc1ccc(NC(=O)CC2CCCN2)cc1S(N)(=O)=O. The molecular formula is C14H21N3O3S. The highest BCUT2D eigenvalue weighted by Gasteiger charge is 2.19. The van der Waals surface area contributed by atoms with Gasteiger partial charge in [-0.1, -0.05) is 13.0 Å². The summed E-state index contributed by atoms with van der Waals surface area (Å²) in [4.78, 5) is 12.0. The second-order valence-corrected chi connectivity index (χ2v) is 6.80. The number of sulfonamides is 1. The number of anilines is 1. The molecule has 2 rings (SSSR count). The van der Waals surface area contributed by atoms with Crippen LogP contribution in [0.5, 0.6) is 0 Å². The quantitative estimate of drug-likeness (QED) is 0.754. The molecule has 0 bridgehead atoms. The molecule has 1 aliphatic heterocycles. The summed E-state index contributed by atoms with van der Waals surface area (Å²) >= 11 is 0. The zero-order valence-electron chi connectivity index (χ0n) is 12.1. The summed E-state index contributed by atoms with van der Waals surface area (Å²) in [5, 5.41) is 11.2. The van der Waals surface area contributed by atoms with Gasteiger partial charge in [-0.2, -0.15) is 0 Å². The predicted molar refractivity (Wildman–Crippen MR) is 81.5 cm³/mol. The molecule has 21 heavy (non-hydrogen) atoms. The van der Waals surface area contributed by atoms with Crippen molar-refractivity contribution in [3.63, 3.8) is 0 Å².